The van der Waals surface area contributed by atoms with Crippen molar-refractivity contribution in [3.05, 3.63) is 71.8 Å². The van der Waals surface area contributed by atoms with Gasteiger partial charge in [0.1, 0.15) is 5.75 Å². The van der Waals surface area contributed by atoms with E-state index in [0.29, 0.717) is 29.5 Å². The zero-order valence-electron chi connectivity index (χ0n) is 18.7. The fourth-order valence-corrected chi connectivity index (χ4v) is 3.14. The van der Waals surface area contributed by atoms with Crippen LogP contribution in [0.5, 0.6) is 23.0 Å². The van der Waals surface area contributed by atoms with E-state index in [9.17, 15) is 9.90 Å². The second-order valence-corrected chi connectivity index (χ2v) is 7.07. The van der Waals surface area contributed by atoms with Crippen molar-refractivity contribution in [3.63, 3.8) is 0 Å². The summed E-state index contributed by atoms with van der Waals surface area (Å²) in [6.07, 6.45) is 3.11. The molecule has 0 saturated heterocycles. The van der Waals surface area contributed by atoms with E-state index < -0.39 is 0 Å². The van der Waals surface area contributed by atoms with Gasteiger partial charge >= 0.3 is 0 Å². The molecule has 8 nitrogen and oxygen atoms in total. The van der Waals surface area contributed by atoms with Gasteiger partial charge in [-0.3, -0.25) is 4.79 Å². The summed E-state index contributed by atoms with van der Waals surface area (Å²) in [6.45, 7) is 0.583. The molecule has 0 spiro atoms. The van der Waals surface area contributed by atoms with Crippen LogP contribution in [-0.2, 0) is 11.3 Å². The highest BCUT2D eigenvalue weighted by molar-refractivity contribution is 6.04. The average molecular weight is 450 g/mol. The van der Waals surface area contributed by atoms with Crippen LogP contribution in [-0.4, -0.2) is 32.3 Å². The van der Waals surface area contributed by atoms with E-state index in [-0.39, 0.29) is 17.3 Å². The maximum atomic E-state index is 12.2. The number of carbonyl (C=O) groups is 1. The van der Waals surface area contributed by atoms with Crippen molar-refractivity contribution in [2.75, 3.05) is 37.7 Å². The Labute approximate surface area is 192 Å². The third-order valence-electron chi connectivity index (χ3n) is 4.91. The summed E-state index contributed by atoms with van der Waals surface area (Å²) in [5, 5.41) is 15.6. The molecule has 3 rings (SSSR count). The lowest BCUT2D eigenvalue weighted by molar-refractivity contribution is -0.111. The smallest absolute Gasteiger partial charge is 0.248 e. The average Bonchev–Trinajstić information content (AvgIpc) is 2.84. The fourth-order valence-electron chi connectivity index (χ4n) is 3.14. The molecule has 0 atom stereocenters. The zero-order valence-corrected chi connectivity index (χ0v) is 18.7. The van der Waals surface area contributed by atoms with Crippen LogP contribution >= 0.6 is 0 Å². The van der Waals surface area contributed by atoms with E-state index >= 15 is 0 Å². The van der Waals surface area contributed by atoms with Crippen molar-refractivity contribution in [2.24, 2.45) is 0 Å². The quantitative estimate of drug-likeness (QED) is 0.219. The number of phenolic OH excluding ortho intramolecular Hbond substituents is 1. The molecule has 0 bridgehead atoms. The van der Waals surface area contributed by atoms with Gasteiger partial charge in [-0.1, -0.05) is 30.3 Å². The lowest BCUT2D eigenvalue weighted by Crippen LogP contribution is -2.09. The van der Waals surface area contributed by atoms with Crippen LogP contribution in [0.25, 0.3) is 6.08 Å². The number of anilines is 3. The van der Waals surface area contributed by atoms with Crippen molar-refractivity contribution < 1.29 is 24.1 Å². The first-order valence-electron chi connectivity index (χ1n) is 10.1. The Morgan fingerprint density at radius 1 is 1.00 bits per heavy atom. The second-order valence-electron chi connectivity index (χ2n) is 7.07. The summed E-state index contributed by atoms with van der Waals surface area (Å²) in [5.41, 5.74) is 8.99. The van der Waals surface area contributed by atoms with Crippen LogP contribution in [0.4, 0.5) is 17.1 Å². The molecule has 0 fully saturated rings. The number of carbonyl (C=O) groups excluding carboxylic acids is 1. The maximum absolute atomic E-state index is 12.2. The summed E-state index contributed by atoms with van der Waals surface area (Å²) in [7, 11) is 4.72. The molecule has 0 aliphatic carbocycles. The number of ether oxygens (including phenoxy) is 3. The number of hydrogen-bond donors (Lipinski definition) is 4. The Bertz CT molecular complexity index is 1120. The Kier molecular flexibility index (Phi) is 7.64. The molecule has 8 heteroatoms. The third-order valence-corrected chi connectivity index (χ3v) is 4.91. The van der Waals surface area contributed by atoms with Crippen LogP contribution in [0.15, 0.2) is 60.7 Å². The maximum Gasteiger partial charge on any atom is 0.248 e. The molecule has 0 aliphatic rings. The van der Waals surface area contributed by atoms with E-state index in [2.05, 4.69) is 10.6 Å². The highest BCUT2D eigenvalue weighted by Crippen LogP contribution is 2.40. The van der Waals surface area contributed by atoms with Crippen LogP contribution in [0, 0.1) is 0 Å². The molecule has 5 N–H and O–H groups in total. The zero-order chi connectivity index (χ0) is 23.8. The molecule has 0 radical (unpaired) electrons. The highest BCUT2D eigenvalue weighted by atomic mass is 16.5. The largest absolute Gasteiger partial charge is 0.506 e. The summed E-state index contributed by atoms with van der Waals surface area (Å²) in [4.78, 5) is 12.2. The number of para-hydroxylation sites is 1. The molecule has 0 unspecified atom stereocenters. The number of nitrogens with one attached hydrogen (secondary N) is 2. The molecule has 172 valence electrons. The monoisotopic (exact) mass is 449 g/mol. The van der Waals surface area contributed by atoms with Crippen molar-refractivity contribution in [1.82, 2.24) is 0 Å². The van der Waals surface area contributed by atoms with Crippen LogP contribution in [0.2, 0.25) is 0 Å². The molecule has 1 amide bonds. The first-order chi connectivity index (χ1) is 15.9. The standard InChI is InChI=1S/C25H27N3O5/c1-31-21-13-18(14-22(32-2)25(21)33-3)27-15-17-9-7-16(8-10-17)11-12-23(30)28-19-5-4-6-20(29)24(19)26/h4-14,27,29H,15,26H2,1-3H3,(H,28,30)/b12-11+. The summed E-state index contributed by atoms with van der Waals surface area (Å²) >= 11 is 0. The summed E-state index contributed by atoms with van der Waals surface area (Å²) < 4.78 is 16.1. The van der Waals surface area contributed by atoms with Crippen molar-refractivity contribution in [3.8, 4) is 23.0 Å². The van der Waals surface area contributed by atoms with E-state index in [1.54, 1.807) is 39.5 Å². The van der Waals surface area contributed by atoms with Gasteiger partial charge in [0.15, 0.2) is 11.5 Å². The number of nitrogens with two attached hydrogens (primary N) is 1. The second kappa shape index (κ2) is 10.8. The molecule has 0 aliphatic heterocycles. The van der Waals surface area contributed by atoms with Gasteiger partial charge in [-0.25, -0.2) is 0 Å². The number of rotatable bonds is 9. The van der Waals surface area contributed by atoms with E-state index in [4.69, 9.17) is 19.9 Å². The minimum atomic E-state index is -0.347. The van der Waals surface area contributed by atoms with Crippen molar-refractivity contribution in [1.29, 1.82) is 0 Å². The van der Waals surface area contributed by atoms with Crippen molar-refractivity contribution in [2.45, 2.75) is 6.54 Å². The SMILES string of the molecule is COc1cc(NCc2ccc(/C=C/C(=O)Nc3cccc(O)c3N)cc2)cc(OC)c1OC. The number of hydrogen-bond acceptors (Lipinski definition) is 7. The number of aromatic hydroxyl groups is 1. The fraction of sp³-hybridized carbons (Fsp3) is 0.160. The Hall–Kier alpha value is -4.33. The predicted molar refractivity (Wildman–Crippen MR) is 130 cm³/mol. The number of amides is 1. The van der Waals surface area contributed by atoms with Crippen LogP contribution < -0.4 is 30.6 Å². The van der Waals surface area contributed by atoms with Gasteiger partial charge in [-0.05, 0) is 29.3 Å². The van der Waals surface area contributed by atoms with E-state index in [1.807, 2.05) is 36.4 Å². The number of benzene rings is 3. The lowest BCUT2D eigenvalue weighted by Gasteiger charge is -2.15. The van der Waals surface area contributed by atoms with Crippen LogP contribution in [0.3, 0.4) is 0 Å². The Balaban J connectivity index is 1.60. The van der Waals surface area contributed by atoms with Gasteiger partial charge in [-0.2, -0.15) is 0 Å². The van der Waals surface area contributed by atoms with E-state index in [1.165, 1.54) is 12.1 Å². The van der Waals surface area contributed by atoms with Gasteiger partial charge in [0.25, 0.3) is 0 Å². The minimum Gasteiger partial charge on any atom is -0.506 e. The van der Waals surface area contributed by atoms with Crippen molar-refractivity contribution >= 4 is 29.0 Å². The minimum absolute atomic E-state index is 0.0764. The molecule has 33 heavy (non-hydrogen) atoms. The molecular weight excluding hydrogens is 422 g/mol. The topological polar surface area (TPSA) is 115 Å². The van der Waals surface area contributed by atoms with Gasteiger partial charge in [-0.15, -0.1) is 0 Å². The number of nitrogen functional groups attached to an aromatic ring is 1. The van der Waals surface area contributed by atoms with Gasteiger partial charge < -0.3 is 35.7 Å². The molecular formula is C25H27N3O5. The lowest BCUT2D eigenvalue weighted by atomic mass is 10.1. The molecule has 3 aromatic rings. The normalized spacial score (nSPS) is 10.6. The van der Waals surface area contributed by atoms with Gasteiger partial charge in [0.05, 0.1) is 32.7 Å². The number of phenols is 1. The predicted octanol–water partition coefficient (Wildman–Crippen LogP) is 4.26. The van der Waals surface area contributed by atoms with Crippen LogP contribution in [0.1, 0.15) is 11.1 Å². The Morgan fingerprint density at radius 2 is 1.67 bits per heavy atom. The Morgan fingerprint density at radius 3 is 2.27 bits per heavy atom. The number of methoxy groups -OCH3 is 3. The first kappa shape index (κ1) is 23.3. The first-order valence-corrected chi connectivity index (χ1v) is 10.1. The summed E-state index contributed by atoms with van der Waals surface area (Å²) in [5.74, 6) is 1.27. The molecule has 0 aromatic heterocycles. The molecule has 0 saturated carbocycles. The molecule has 3 aromatic carbocycles. The third kappa shape index (κ3) is 5.88. The summed E-state index contributed by atoms with van der Waals surface area (Å²) in [6, 6.07) is 16.1. The molecule has 0 heterocycles. The van der Waals surface area contributed by atoms with Gasteiger partial charge in [0, 0.05) is 30.4 Å². The van der Waals surface area contributed by atoms with Gasteiger partial charge in [0.2, 0.25) is 11.7 Å². The highest BCUT2D eigenvalue weighted by Gasteiger charge is 2.13. The van der Waals surface area contributed by atoms with E-state index in [0.717, 1.165) is 16.8 Å².